The van der Waals surface area contributed by atoms with Gasteiger partial charge in [0.05, 0.1) is 20.2 Å². The summed E-state index contributed by atoms with van der Waals surface area (Å²) >= 11 is 0. The minimum absolute atomic E-state index is 0.0188. The van der Waals surface area contributed by atoms with Crippen molar-refractivity contribution in [2.24, 2.45) is 5.92 Å². The summed E-state index contributed by atoms with van der Waals surface area (Å²) in [6, 6.07) is 9.94. The van der Waals surface area contributed by atoms with Gasteiger partial charge in [-0.25, -0.2) is 0 Å². The molecule has 4 rings (SSSR count). The van der Waals surface area contributed by atoms with Crippen LogP contribution in [0.5, 0.6) is 11.5 Å². The lowest BCUT2D eigenvalue weighted by Crippen LogP contribution is -2.46. The summed E-state index contributed by atoms with van der Waals surface area (Å²) in [5.41, 5.74) is 1.00. The van der Waals surface area contributed by atoms with E-state index in [1.54, 1.807) is 14.0 Å². The summed E-state index contributed by atoms with van der Waals surface area (Å²) in [5, 5.41) is 0. The molecule has 0 spiro atoms. The first-order valence-corrected chi connectivity index (χ1v) is 10.4. The van der Waals surface area contributed by atoms with Crippen LogP contribution in [-0.4, -0.2) is 48.6 Å². The quantitative estimate of drug-likeness (QED) is 0.787. The monoisotopic (exact) mass is 398 g/mol. The van der Waals surface area contributed by atoms with Crippen LogP contribution in [0.25, 0.3) is 0 Å². The third-order valence-electron chi connectivity index (χ3n) is 6.00. The number of carbonyl (C=O) groups is 1. The summed E-state index contributed by atoms with van der Waals surface area (Å²) < 4.78 is 17.6. The van der Waals surface area contributed by atoms with Crippen LogP contribution in [0.3, 0.4) is 0 Å². The standard InChI is InChI=1S/C23H30N2O4/c1-16-6-7-21(28-16)14-24-10-4-5-18(12-24)23-15-25(17(2)26)13-19-11-20(27-3)8-9-22(19)29-23/h6-9,11,18,23H,4-5,10,12-15H2,1-3H3/t18-,23+/m1/s1. The molecule has 0 saturated carbocycles. The lowest BCUT2D eigenvalue weighted by Gasteiger charge is -2.37. The smallest absolute Gasteiger partial charge is 0.219 e. The zero-order valence-corrected chi connectivity index (χ0v) is 17.5. The van der Waals surface area contributed by atoms with Crippen LogP contribution in [0.1, 0.15) is 36.8 Å². The van der Waals surface area contributed by atoms with Crippen LogP contribution in [0, 0.1) is 12.8 Å². The maximum absolute atomic E-state index is 12.3. The second-order valence-corrected chi connectivity index (χ2v) is 8.18. The number of nitrogens with zero attached hydrogens (tertiary/aromatic N) is 2. The SMILES string of the molecule is COc1ccc2c(c1)CN(C(C)=O)C[C@@H]([C@@H]1CCCN(Cc3ccc(C)o3)C1)O2. The van der Waals surface area contributed by atoms with E-state index in [0.29, 0.717) is 19.0 Å². The van der Waals surface area contributed by atoms with Gasteiger partial charge in [0.1, 0.15) is 29.1 Å². The molecule has 6 nitrogen and oxygen atoms in total. The van der Waals surface area contributed by atoms with Crippen molar-refractivity contribution in [2.45, 2.75) is 45.9 Å². The topological polar surface area (TPSA) is 55.2 Å². The van der Waals surface area contributed by atoms with Crippen LogP contribution in [-0.2, 0) is 17.9 Å². The van der Waals surface area contributed by atoms with Gasteiger partial charge >= 0.3 is 0 Å². The van der Waals surface area contributed by atoms with Crippen molar-refractivity contribution in [1.29, 1.82) is 0 Å². The Balaban J connectivity index is 1.51. The summed E-state index contributed by atoms with van der Waals surface area (Å²) in [5.74, 6) is 4.05. The molecule has 1 aromatic heterocycles. The van der Waals surface area contributed by atoms with E-state index in [9.17, 15) is 4.79 Å². The lowest BCUT2D eigenvalue weighted by molar-refractivity contribution is -0.130. The maximum Gasteiger partial charge on any atom is 0.219 e. The first-order valence-electron chi connectivity index (χ1n) is 10.4. The number of carbonyl (C=O) groups excluding carboxylic acids is 1. The second kappa shape index (κ2) is 8.49. The number of hydrogen-bond acceptors (Lipinski definition) is 5. The van der Waals surface area contributed by atoms with Gasteiger partial charge in [0.2, 0.25) is 5.91 Å². The highest BCUT2D eigenvalue weighted by Crippen LogP contribution is 2.33. The Labute approximate surface area is 172 Å². The second-order valence-electron chi connectivity index (χ2n) is 8.18. The van der Waals surface area contributed by atoms with Gasteiger partial charge in [0.25, 0.3) is 0 Å². The van der Waals surface area contributed by atoms with E-state index in [4.69, 9.17) is 13.9 Å². The highest BCUT2D eigenvalue weighted by atomic mass is 16.5. The van der Waals surface area contributed by atoms with Crippen molar-refractivity contribution in [3.8, 4) is 11.5 Å². The van der Waals surface area contributed by atoms with E-state index in [2.05, 4.69) is 11.0 Å². The fourth-order valence-corrected chi connectivity index (χ4v) is 4.42. The van der Waals surface area contributed by atoms with Gasteiger partial charge in [0.15, 0.2) is 0 Å². The molecule has 2 aliphatic heterocycles. The van der Waals surface area contributed by atoms with E-state index in [1.807, 2.05) is 36.1 Å². The van der Waals surface area contributed by atoms with Gasteiger partial charge in [-0.2, -0.15) is 0 Å². The van der Waals surface area contributed by atoms with Crippen molar-refractivity contribution in [3.63, 3.8) is 0 Å². The molecular formula is C23H30N2O4. The largest absolute Gasteiger partial charge is 0.497 e. The first-order chi connectivity index (χ1) is 14.0. The van der Waals surface area contributed by atoms with Crippen LogP contribution in [0.4, 0.5) is 0 Å². The van der Waals surface area contributed by atoms with Crippen molar-refractivity contribution in [2.75, 3.05) is 26.7 Å². The molecule has 1 amide bonds. The Morgan fingerprint density at radius 1 is 1.24 bits per heavy atom. The number of fused-ring (bicyclic) bond motifs is 1. The fourth-order valence-electron chi connectivity index (χ4n) is 4.42. The molecular weight excluding hydrogens is 368 g/mol. The molecule has 29 heavy (non-hydrogen) atoms. The Bertz CT molecular complexity index is 862. The number of aryl methyl sites for hydroxylation is 1. The maximum atomic E-state index is 12.3. The number of furan rings is 1. The Morgan fingerprint density at radius 2 is 2.10 bits per heavy atom. The predicted octanol–water partition coefficient (Wildman–Crippen LogP) is 3.62. The molecule has 2 aliphatic rings. The number of benzene rings is 1. The van der Waals surface area contributed by atoms with Crippen LogP contribution < -0.4 is 9.47 Å². The van der Waals surface area contributed by atoms with Gasteiger partial charge in [-0.15, -0.1) is 0 Å². The highest BCUT2D eigenvalue weighted by molar-refractivity contribution is 5.73. The molecule has 3 heterocycles. The lowest BCUT2D eigenvalue weighted by atomic mass is 9.92. The van der Waals surface area contributed by atoms with Crippen molar-refractivity contribution in [3.05, 3.63) is 47.4 Å². The van der Waals surface area contributed by atoms with Crippen LogP contribution in [0.15, 0.2) is 34.7 Å². The molecule has 6 heteroatoms. The fraction of sp³-hybridized carbons (Fsp3) is 0.522. The zero-order valence-electron chi connectivity index (χ0n) is 17.5. The molecule has 1 saturated heterocycles. The summed E-state index contributed by atoms with van der Waals surface area (Å²) in [7, 11) is 1.65. The molecule has 1 fully saturated rings. The van der Waals surface area contributed by atoms with Gasteiger partial charge < -0.3 is 18.8 Å². The number of hydrogen-bond donors (Lipinski definition) is 0. The van der Waals surface area contributed by atoms with Crippen LogP contribution in [0.2, 0.25) is 0 Å². The minimum atomic E-state index is -0.0188. The summed E-state index contributed by atoms with van der Waals surface area (Å²) in [4.78, 5) is 16.6. The third kappa shape index (κ3) is 4.58. The van der Waals surface area contributed by atoms with Gasteiger partial charge in [-0.3, -0.25) is 9.69 Å². The molecule has 0 aliphatic carbocycles. The Hall–Kier alpha value is -2.47. The Kier molecular flexibility index (Phi) is 5.81. The van der Waals surface area contributed by atoms with Gasteiger partial charge in [0, 0.05) is 31.5 Å². The van der Waals surface area contributed by atoms with Crippen molar-refractivity contribution < 1.29 is 18.7 Å². The van der Waals surface area contributed by atoms with Crippen molar-refractivity contribution in [1.82, 2.24) is 9.80 Å². The molecule has 0 unspecified atom stereocenters. The first kappa shape index (κ1) is 19.8. The number of amides is 1. The molecule has 0 radical (unpaired) electrons. The highest BCUT2D eigenvalue weighted by Gasteiger charge is 2.33. The van der Waals surface area contributed by atoms with E-state index >= 15 is 0 Å². The third-order valence-corrected chi connectivity index (χ3v) is 6.00. The van der Waals surface area contributed by atoms with Gasteiger partial charge in [-0.05, 0) is 56.6 Å². The number of rotatable bonds is 4. The molecule has 156 valence electrons. The number of piperidine rings is 1. The minimum Gasteiger partial charge on any atom is -0.497 e. The number of likely N-dealkylation sites (tertiary alicyclic amines) is 1. The summed E-state index contributed by atoms with van der Waals surface area (Å²) in [6.07, 6.45) is 2.21. The number of methoxy groups -OCH3 is 1. The van der Waals surface area contributed by atoms with E-state index < -0.39 is 0 Å². The number of ether oxygens (including phenoxy) is 2. The van der Waals surface area contributed by atoms with E-state index in [1.165, 1.54) is 0 Å². The predicted molar refractivity (Wildman–Crippen MR) is 110 cm³/mol. The normalized spacial score (nSPS) is 22.5. The molecule has 0 N–H and O–H groups in total. The molecule has 2 aromatic rings. The molecule has 1 aromatic carbocycles. The average Bonchev–Trinajstić information content (AvgIpc) is 3.01. The average molecular weight is 399 g/mol. The molecule has 0 bridgehead atoms. The molecule has 2 atom stereocenters. The summed E-state index contributed by atoms with van der Waals surface area (Å²) in [6.45, 7) is 7.61. The van der Waals surface area contributed by atoms with Crippen LogP contribution >= 0.6 is 0 Å². The van der Waals surface area contributed by atoms with E-state index in [0.717, 1.165) is 61.1 Å². The van der Waals surface area contributed by atoms with Crippen molar-refractivity contribution >= 4 is 5.91 Å². The van der Waals surface area contributed by atoms with E-state index in [-0.39, 0.29) is 12.0 Å². The zero-order chi connectivity index (χ0) is 20.4. The van der Waals surface area contributed by atoms with Gasteiger partial charge in [-0.1, -0.05) is 0 Å². The Morgan fingerprint density at radius 3 is 2.83 bits per heavy atom.